The van der Waals surface area contributed by atoms with E-state index in [-0.39, 0.29) is 11.9 Å². The van der Waals surface area contributed by atoms with Gasteiger partial charge in [0, 0.05) is 11.6 Å². The molecule has 0 spiro atoms. The molecule has 1 heterocycles. The summed E-state index contributed by atoms with van der Waals surface area (Å²) in [6, 6.07) is 7.97. The van der Waals surface area contributed by atoms with Gasteiger partial charge in [-0.05, 0) is 37.4 Å². The molecule has 1 aromatic rings. The van der Waals surface area contributed by atoms with E-state index in [0.29, 0.717) is 24.6 Å². The van der Waals surface area contributed by atoms with Crippen molar-refractivity contribution in [2.24, 2.45) is 11.7 Å². The van der Waals surface area contributed by atoms with Gasteiger partial charge in [0.05, 0.1) is 5.57 Å². The lowest BCUT2D eigenvalue weighted by atomic mass is 9.84. The summed E-state index contributed by atoms with van der Waals surface area (Å²) in [5, 5.41) is 3.15. The first kappa shape index (κ1) is 14.1. The van der Waals surface area contributed by atoms with Gasteiger partial charge in [0.2, 0.25) is 0 Å². The highest BCUT2D eigenvalue weighted by Gasteiger charge is 2.27. The fourth-order valence-electron chi connectivity index (χ4n) is 3.19. The van der Waals surface area contributed by atoms with Crippen molar-refractivity contribution in [2.75, 3.05) is 13.2 Å². The van der Waals surface area contributed by atoms with Crippen LogP contribution in [0, 0.1) is 5.92 Å². The van der Waals surface area contributed by atoms with Crippen molar-refractivity contribution in [3.05, 3.63) is 35.4 Å². The zero-order valence-electron chi connectivity index (χ0n) is 12.2. The summed E-state index contributed by atoms with van der Waals surface area (Å²) in [7, 11) is 0. The molecule has 4 nitrogen and oxygen atoms in total. The minimum absolute atomic E-state index is 0.0187. The van der Waals surface area contributed by atoms with Crippen molar-refractivity contribution in [1.29, 1.82) is 0 Å². The smallest absolute Gasteiger partial charge is 0.250 e. The molecular formula is C17H22N2O2. The second-order valence-corrected chi connectivity index (χ2v) is 5.86. The molecule has 2 atom stereocenters. The Morgan fingerprint density at radius 3 is 2.95 bits per heavy atom. The lowest BCUT2D eigenvalue weighted by Gasteiger charge is -2.31. The molecule has 112 valence electrons. The maximum atomic E-state index is 12.4. The van der Waals surface area contributed by atoms with Gasteiger partial charge >= 0.3 is 0 Å². The van der Waals surface area contributed by atoms with Crippen molar-refractivity contribution in [1.82, 2.24) is 5.32 Å². The van der Waals surface area contributed by atoms with Crippen molar-refractivity contribution in [3.63, 3.8) is 0 Å². The molecule has 1 aromatic carbocycles. The molecule has 1 saturated carbocycles. The SMILES string of the molecule is NCC1CCCCC1NC(=O)C1=Cc2ccccc2OC1. The molecular weight excluding hydrogens is 264 g/mol. The van der Waals surface area contributed by atoms with Gasteiger partial charge in [0.15, 0.2) is 0 Å². The quantitative estimate of drug-likeness (QED) is 0.894. The highest BCUT2D eigenvalue weighted by molar-refractivity contribution is 5.99. The second kappa shape index (κ2) is 6.31. The van der Waals surface area contributed by atoms with Crippen LogP contribution in [0.2, 0.25) is 0 Å². The zero-order valence-corrected chi connectivity index (χ0v) is 12.2. The first-order chi connectivity index (χ1) is 10.3. The first-order valence-corrected chi connectivity index (χ1v) is 7.71. The number of hydrogen-bond donors (Lipinski definition) is 2. The van der Waals surface area contributed by atoms with Crippen molar-refractivity contribution >= 4 is 12.0 Å². The van der Waals surface area contributed by atoms with E-state index in [1.54, 1.807) is 0 Å². The van der Waals surface area contributed by atoms with Gasteiger partial charge in [-0.3, -0.25) is 4.79 Å². The number of rotatable bonds is 3. The van der Waals surface area contributed by atoms with Crippen LogP contribution >= 0.6 is 0 Å². The van der Waals surface area contributed by atoms with Crippen LogP contribution in [0.1, 0.15) is 31.2 Å². The van der Waals surface area contributed by atoms with E-state index in [4.69, 9.17) is 10.5 Å². The Kier molecular flexibility index (Phi) is 4.25. The summed E-state index contributed by atoms with van der Waals surface area (Å²) < 4.78 is 5.65. The molecule has 1 aliphatic heterocycles. The van der Waals surface area contributed by atoms with Crippen LogP contribution in [0.5, 0.6) is 5.75 Å². The van der Waals surface area contributed by atoms with E-state index in [9.17, 15) is 4.79 Å². The van der Waals surface area contributed by atoms with Crippen molar-refractivity contribution in [3.8, 4) is 5.75 Å². The molecule has 3 N–H and O–H groups in total. The topological polar surface area (TPSA) is 64.3 Å². The molecule has 1 amide bonds. The van der Waals surface area contributed by atoms with Crippen LogP contribution in [0.25, 0.3) is 6.08 Å². The Hall–Kier alpha value is -1.81. The van der Waals surface area contributed by atoms with Crippen LogP contribution in [0.4, 0.5) is 0 Å². The highest BCUT2D eigenvalue weighted by Crippen LogP contribution is 2.27. The molecule has 2 unspecified atom stereocenters. The number of amides is 1. The van der Waals surface area contributed by atoms with Crippen molar-refractivity contribution < 1.29 is 9.53 Å². The third-order valence-corrected chi connectivity index (χ3v) is 4.45. The number of carbonyl (C=O) groups is 1. The molecule has 3 rings (SSSR count). The maximum Gasteiger partial charge on any atom is 0.250 e. The van der Waals surface area contributed by atoms with E-state index >= 15 is 0 Å². The Morgan fingerprint density at radius 1 is 1.29 bits per heavy atom. The van der Waals surface area contributed by atoms with E-state index in [1.807, 2.05) is 30.3 Å². The van der Waals surface area contributed by atoms with Gasteiger partial charge in [0.1, 0.15) is 12.4 Å². The summed E-state index contributed by atoms with van der Waals surface area (Å²) >= 11 is 0. The summed E-state index contributed by atoms with van der Waals surface area (Å²) in [5.74, 6) is 1.22. The number of nitrogens with two attached hydrogens (primary N) is 1. The summed E-state index contributed by atoms with van der Waals surface area (Å²) in [4.78, 5) is 12.4. The van der Waals surface area contributed by atoms with E-state index < -0.39 is 0 Å². The molecule has 4 heteroatoms. The number of nitrogens with one attached hydrogen (secondary N) is 1. The highest BCUT2D eigenvalue weighted by atomic mass is 16.5. The van der Waals surface area contributed by atoms with Crippen LogP contribution in [0.15, 0.2) is 29.8 Å². The summed E-state index contributed by atoms with van der Waals surface area (Å²) in [6.45, 7) is 0.978. The Bertz CT molecular complexity index is 553. The van der Waals surface area contributed by atoms with Crippen LogP contribution in [-0.2, 0) is 4.79 Å². The second-order valence-electron chi connectivity index (χ2n) is 5.86. The number of hydrogen-bond acceptors (Lipinski definition) is 3. The molecule has 2 aliphatic rings. The molecule has 0 saturated heterocycles. The number of fused-ring (bicyclic) bond motifs is 1. The average molecular weight is 286 g/mol. The minimum atomic E-state index is -0.0187. The fraction of sp³-hybridized carbons (Fsp3) is 0.471. The van der Waals surface area contributed by atoms with Crippen molar-refractivity contribution in [2.45, 2.75) is 31.7 Å². The zero-order chi connectivity index (χ0) is 14.7. The van der Waals surface area contributed by atoms with Crippen LogP contribution in [0.3, 0.4) is 0 Å². The predicted molar refractivity (Wildman–Crippen MR) is 82.9 cm³/mol. The van der Waals surface area contributed by atoms with Gasteiger partial charge in [-0.2, -0.15) is 0 Å². The Balaban J connectivity index is 1.70. The lowest BCUT2D eigenvalue weighted by Crippen LogP contribution is -2.45. The third-order valence-electron chi connectivity index (χ3n) is 4.45. The molecule has 21 heavy (non-hydrogen) atoms. The summed E-state index contributed by atoms with van der Waals surface area (Å²) in [6.07, 6.45) is 6.44. The lowest BCUT2D eigenvalue weighted by molar-refractivity contribution is -0.119. The summed E-state index contributed by atoms with van der Waals surface area (Å²) in [5.41, 5.74) is 7.48. The molecule has 0 radical (unpaired) electrons. The maximum absolute atomic E-state index is 12.4. The van der Waals surface area contributed by atoms with E-state index in [1.165, 1.54) is 12.8 Å². The van der Waals surface area contributed by atoms with Crippen LogP contribution < -0.4 is 15.8 Å². The van der Waals surface area contributed by atoms with Gasteiger partial charge in [-0.15, -0.1) is 0 Å². The number of para-hydroxylation sites is 1. The number of benzene rings is 1. The molecule has 1 aliphatic carbocycles. The molecule has 0 bridgehead atoms. The normalized spacial score (nSPS) is 24.5. The van der Waals surface area contributed by atoms with Gasteiger partial charge < -0.3 is 15.8 Å². The molecule has 1 fully saturated rings. The first-order valence-electron chi connectivity index (χ1n) is 7.71. The average Bonchev–Trinajstić information content (AvgIpc) is 2.55. The Labute approximate surface area is 125 Å². The fourth-order valence-corrected chi connectivity index (χ4v) is 3.19. The van der Waals surface area contributed by atoms with Gasteiger partial charge in [-0.1, -0.05) is 31.0 Å². The predicted octanol–water partition coefficient (Wildman–Crippen LogP) is 2.10. The largest absolute Gasteiger partial charge is 0.488 e. The van der Waals surface area contributed by atoms with Gasteiger partial charge in [0.25, 0.3) is 5.91 Å². The monoisotopic (exact) mass is 286 g/mol. The minimum Gasteiger partial charge on any atom is -0.488 e. The third kappa shape index (κ3) is 3.10. The molecule has 0 aromatic heterocycles. The number of ether oxygens (including phenoxy) is 1. The Morgan fingerprint density at radius 2 is 2.10 bits per heavy atom. The van der Waals surface area contributed by atoms with E-state index in [2.05, 4.69) is 5.32 Å². The standard InChI is InChI=1S/C17H22N2O2/c18-10-13-6-1-3-7-15(13)19-17(20)14-9-12-5-2-4-8-16(12)21-11-14/h2,4-5,8-9,13,15H,1,3,6-7,10-11,18H2,(H,19,20). The number of carbonyl (C=O) groups excluding carboxylic acids is 1. The van der Waals surface area contributed by atoms with Crippen LogP contribution in [-0.4, -0.2) is 25.1 Å². The van der Waals surface area contributed by atoms with E-state index in [0.717, 1.165) is 24.2 Å². The van der Waals surface area contributed by atoms with Gasteiger partial charge in [-0.25, -0.2) is 0 Å².